The van der Waals surface area contributed by atoms with Crippen LogP contribution >= 0.6 is 0 Å². The van der Waals surface area contributed by atoms with Gasteiger partial charge in [-0.25, -0.2) is 0 Å². The first-order chi connectivity index (χ1) is 11.9. The molecule has 0 saturated heterocycles. The number of hydrogen-bond donors (Lipinski definition) is 1. The van der Waals surface area contributed by atoms with Crippen LogP contribution in [0.4, 0.5) is 5.69 Å². The Labute approximate surface area is 149 Å². The Balaban J connectivity index is 2.95. The second kappa shape index (κ2) is 9.80. The number of benzene rings is 1. The van der Waals surface area contributed by atoms with Gasteiger partial charge in [0.2, 0.25) is 0 Å². The highest BCUT2D eigenvalue weighted by Gasteiger charge is 2.33. The van der Waals surface area contributed by atoms with E-state index in [-0.39, 0.29) is 17.2 Å². The summed E-state index contributed by atoms with van der Waals surface area (Å²) in [6.45, 7) is 7.42. The highest BCUT2D eigenvalue weighted by atomic mass is 16.5. The highest BCUT2D eigenvalue weighted by Crippen LogP contribution is 2.26. The maximum atomic E-state index is 12.7. The van der Waals surface area contributed by atoms with Crippen molar-refractivity contribution in [3.63, 3.8) is 0 Å². The summed E-state index contributed by atoms with van der Waals surface area (Å²) in [5.74, 6) is -0.500. The lowest BCUT2D eigenvalue weighted by Crippen LogP contribution is -2.43. The van der Waals surface area contributed by atoms with E-state index in [0.29, 0.717) is 18.7 Å². The van der Waals surface area contributed by atoms with Crippen molar-refractivity contribution in [2.24, 2.45) is 0 Å². The van der Waals surface area contributed by atoms with Gasteiger partial charge in [-0.05, 0) is 32.4 Å². The molecule has 1 amide bonds. The first-order valence-corrected chi connectivity index (χ1v) is 8.54. The third-order valence-electron chi connectivity index (χ3n) is 3.82. The van der Waals surface area contributed by atoms with Gasteiger partial charge in [-0.3, -0.25) is 9.59 Å². The summed E-state index contributed by atoms with van der Waals surface area (Å²) in [7, 11) is 0. The molecular formula is C19H26N2O4. The van der Waals surface area contributed by atoms with Crippen molar-refractivity contribution in [3.05, 3.63) is 23.8 Å². The van der Waals surface area contributed by atoms with Crippen LogP contribution < -0.4 is 10.1 Å². The van der Waals surface area contributed by atoms with Crippen molar-refractivity contribution in [2.45, 2.75) is 59.0 Å². The zero-order chi connectivity index (χ0) is 18.9. The molecule has 0 fully saturated rings. The molecule has 0 heterocycles. The molecular weight excluding hydrogens is 320 g/mol. The standard InChI is InChI=1S/C19H26N2O4/c1-5-7-8-11-19(4,24-6-2)18(23)21-17-10-9-16(25-14(3)22)12-15(17)13-20/h9-10,12H,5-8,11H2,1-4H3,(H,21,23)/t19-/m0/s1. The Bertz CT molecular complexity index is 651. The Kier molecular flexibility index (Phi) is 8.09. The third kappa shape index (κ3) is 6.20. The Morgan fingerprint density at radius 3 is 2.56 bits per heavy atom. The summed E-state index contributed by atoms with van der Waals surface area (Å²) in [6, 6.07) is 6.51. The first-order valence-electron chi connectivity index (χ1n) is 8.54. The number of carbonyl (C=O) groups is 2. The van der Waals surface area contributed by atoms with Gasteiger partial charge in [0.25, 0.3) is 5.91 Å². The summed E-state index contributed by atoms with van der Waals surface area (Å²) in [5.41, 5.74) is -0.366. The monoisotopic (exact) mass is 346 g/mol. The number of nitrogens with one attached hydrogen (secondary N) is 1. The fourth-order valence-corrected chi connectivity index (χ4v) is 2.49. The largest absolute Gasteiger partial charge is 0.427 e. The van der Waals surface area contributed by atoms with Crippen LogP contribution in [-0.4, -0.2) is 24.1 Å². The average Bonchev–Trinajstić information content (AvgIpc) is 2.56. The third-order valence-corrected chi connectivity index (χ3v) is 3.82. The lowest BCUT2D eigenvalue weighted by molar-refractivity contribution is -0.139. The van der Waals surface area contributed by atoms with Crippen molar-refractivity contribution in [1.29, 1.82) is 5.26 Å². The molecule has 0 unspecified atom stereocenters. The number of unbranched alkanes of at least 4 members (excludes halogenated alkanes) is 2. The summed E-state index contributed by atoms with van der Waals surface area (Å²) < 4.78 is 10.7. The van der Waals surface area contributed by atoms with Crippen molar-refractivity contribution in [3.8, 4) is 11.8 Å². The number of rotatable bonds is 9. The van der Waals surface area contributed by atoms with Gasteiger partial charge in [-0.15, -0.1) is 0 Å². The van der Waals surface area contributed by atoms with Gasteiger partial charge in [0.15, 0.2) is 0 Å². The topological polar surface area (TPSA) is 88.4 Å². The van der Waals surface area contributed by atoms with Crippen LogP contribution in [0.25, 0.3) is 0 Å². The number of esters is 1. The smallest absolute Gasteiger partial charge is 0.308 e. The number of nitriles is 1. The molecule has 1 aromatic rings. The van der Waals surface area contributed by atoms with Crippen LogP contribution in [0.5, 0.6) is 5.75 Å². The first kappa shape index (κ1) is 20.7. The van der Waals surface area contributed by atoms with Crippen LogP contribution in [0.2, 0.25) is 0 Å². The lowest BCUT2D eigenvalue weighted by Gasteiger charge is -2.28. The van der Waals surface area contributed by atoms with E-state index in [0.717, 1.165) is 19.3 Å². The van der Waals surface area contributed by atoms with E-state index >= 15 is 0 Å². The molecule has 6 heteroatoms. The number of amides is 1. The molecule has 25 heavy (non-hydrogen) atoms. The van der Waals surface area contributed by atoms with E-state index in [2.05, 4.69) is 12.2 Å². The molecule has 1 atom stereocenters. The molecule has 136 valence electrons. The Morgan fingerprint density at radius 2 is 2.00 bits per heavy atom. The van der Waals surface area contributed by atoms with Gasteiger partial charge in [0.05, 0.1) is 11.3 Å². The van der Waals surface area contributed by atoms with Crippen LogP contribution in [0, 0.1) is 11.3 Å². The minimum atomic E-state index is -0.953. The molecule has 0 aliphatic heterocycles. The number of anilines is 1. The Hall–Kier alpha value is -2.39. The van der Waals surface area contributed by atoms with Crippen LogP contribution in [-0.2, 0) is 14.3 Å². The van der Waals surface area contributed by atoms with E-state index in [9.17, 15) is 14.9 Å². The number of ether oxygens (including phenoxy) is 2. The van der Waals surface area contributed by atoms with Crippen molar-refractivity contribution in [2.75, 3.05) is 11.9 Å². The SMILES string of the molecule is CCCCC[C@](C)(OCC)C(=O)Nc1ccc(OC(C)=O)cc1C#N. The summed E-state index contributed by atoms with van der Waals surface area (Å²) >= 11 is 0. The van der Waals surface area contributed by atoms with Crippen molar-refractivity contribution >= 4 is 17.6 Å². The lowest BCUT2D eigenvalue weighted by atomic mass is 9.96. The van der Waals surface area contributed by atoms with E-state index in [1.54, 1.807) is 13.0 Å². The highest BCUT2D eigenvalue weighted by molar-refractivity contribution is 5.98. The van der Waals surface area contributed by atoms with Gasteiger partial charge in [0.1, 0.15) is 17.4 Å². The number of hydrogen-bond acceptors (Lipinski definition) is 5. The summed E-state index contributed by atoms with van der Waals surface area (Å²) in [4.78, 5) is 23.7. The second-order valence-electron chi connectivity index (χ2n) is 5.99. The molecule has 0 aliphatic rings. The summed E-state index contributed by atoms with van der Waals surface area (Å²) in [5, 5.41) is 12.1. The quantitative estimate of drug-likeness (QED) is 0.417. The minimum Gasteiger partial charge on any atom is -0.427 e. The summed E-state index contributed by atoms with van der Waals surface area (Å²) in [6.07, 6.45) is 3.57. The van der Waals surface area contributed by atoms with Gasteiger partial charge >= 0.3 is 5.97 Å². The van der Waals surface area contributed by atoms with Gasteiger partial charge in [0, 0.05) is 19.6 Å². The normalized spacial score (nSPS) is 12.8. The van der Waals surface area contributed by atoms with E-state index in [1.807, 2.05) is 13.0 Å². The fraction of sp³-hybridized carbons (Fsp3) is 0.526. The van der Waals surface area contributed by atoms with E-state index in [4.69, 9.17) is 9.47 Å². The average molecular weight is 346 g/mol. The minimum absolute atomic E-state index is 0.222. The second-order valence-corrected chi connectivity index (χ2v) is 5.99. The van der Waals surface area contributed by atoms with Crippen molar-refractivity contribution < 1.29 is 19.1 Å². The molecule has 0 bridgehead atoms. The van der Waals surface area contributed by atoms with Crippen LogP contribution in [0.1, 0.15) is 58.9 Å². The molecule has 0 radical (unpaired) electrons. The molecule has 0 aliphatic carbocycles. The van der Waals surface area contributed by atoms with Gasteiger partial charge in [-0.2, -0.15) is 5.26 Å². The van der Waals surface area contributed by atoms with Crippen molar-refractivity contribution in [1.82, 2.24) is 0 Å². The molecule has 0 saturated carbocycles. The molecule has 0 aromatic heterocycles. The molecule has 1 N–H and O–H groups in total. The van der Waals surface area contributed by atoms with E-state index < -0.39 is 11.6 Å². The predicted octanol–water partition coefficient (Wildman–Crippen LogP) is 3.80. The molecule has 1 rings (SSSR count). The maximum absolute atomic E-state index is 12.7. The van der Waals surface area contributed by atoms with E-state index in [1.165, 1.54) is 19.1 Å². The zero-order valence-corrected chi connectivity index (χ0v) is 15.3. The number of nitrogens with zero attached hydrogens (tertiary/aromatic N) is 1. The van der Waals surface area contributed by atoms with Crippen LogP contribution in [0.3, 0.4) is 0 Å². The number of carbonyl (C=O) groups excluding carboxylic acids is 2. The Morgan fingerprint density at radius 1 is 1.28 bits per heavy atom. The maximum Gasteiger partial charge on any atom is 0.308 e. The fourth-order valence-electron chi connectivity index (χ4n) is 2.49. The van der Waals surface area contributed by atoms with Crippen LogP contribution in [0.15, 0.2) is 18.2 Å². The molecule has 0 spiro atoms. The predicted molar refractivity (Wildman–Crippen MR) is 95.3 cm³/mol. The van der Waals surface area contributed by atoms with Gasteiger partial charge in [-0.1, -0.05) is 26.2 Å². The zero-order valence-electron chi connectivity index (χ0n) is 15.3. The van der Waals surface area contributed by atoms with Gasteiger partial charge < -0.3 is 14.8 Å². The molecule has 1 aromatic carbocycles. The molecule has 6 nitrogen and oxygen atoms in total.